The van der Waals surface area contributed by atoms with Gasteiger partial charge >= 0.3 is 0 Å². The summed E-state index contributed by atoms with van der Waals surface area (Å²) in [7, 11) is 1.78. The second kappa shape index (κ2) is 5.44. The summed E-state index contributed by atoms with van der Waals surface area (Å²) in [6, 6.07) is 6.53. The van der Waals surface area contributed by atoms with Gasteiger partial charge < -0.3 is 10.1 Å². The lowest BCUT2D eigenvalue weighted by Crippen LogP contribution is -2.36. The molecule has 0 spiro atoms. The van der Waals surface area contributed by atoms with Gasteiger partial charge in [0.2, 0.25) is 0 Å². The Hall–Kier alpha value is -0.890. The predicted molar refractivity (Wildman–Crippen MR) is 64.3 cm³/mol. The van der Waals surface area contributed by atoms with Crippen molar-refractivity contribution in [3.8, 4) is 6.07 Å². The van der Waals surface area contributed by atoms with Gasteiger partial charge in [0.05, 0.1) is 6.10 Å². The molecule has 0 aliphatic heterocycles. The third kappa shape index (κ3) is 2.62. The number of thiophene rings is 1. The van der Waals surface area contributed by atoms with Crippen LogP contribution < -0.4 is 5.32 Å². The van der Waals surface area contributed by atoms with Gasteiger partial charge in [0.25, 0.3) is 0 Å². The molecule has 1 N–H and O–H groups in total. The van der Waals surface area contributed by atoms with E-state index in [1.807, 2.05) is 12.1 Å². The van der Waals surface area contributed by atoms with Crippen molar-refractivity contribution in [1.29, 1.82) is 5.26 Å². The van der Waals surface area contributed by atoms with E-state index < -0.39 is 0 Å². The molecule has 1 heterocycles. The van der Waals surface area contributed by atoms with Gasteiger partial charge in [-0.1, -0.05) is 0 Å². The number of nitrogens with zero attached hydrogens (tertiary/aromatic N) is 1. The summed E-state index contributed by atoms with van der Waals surface area (Å²) in [6.45, 7) is 0.844. The molecule has 1 aromatic heterocycles. The van der Waals surface area contributed by atoms with Crippen LogP contribution in [0.15, 0.2) is 12.1 Å². The minimum Gasteiger partial charge on any atom is -0.380 e. The van der Waals surface area contributed by atoms with Gasteiger partial charge in [-0.05, 0) is 31.4 Å². The third-order valence-electron chi connectivity index (χ3n) is 3.07. The maximum atomic E-state index is 8.73. The number of methoxy groups -OCH3 is 1. The Morgan fingerprint density at radius 3 is 3.12 bits per heavy atom. The first-order valence-corrected chi connectivity index (χ1v) is 6.40. The Kier molecular flexibility index (Phi) is 3.94. The number of rotatable bonds is 4. The van der Waals surface area contributed by atoms with E-state index in [9.17, 15) is 0 Å². The van der Waals surface area contributed by atoms with E-state index in [1.165, 1.54) is 17.7 Å². The lowest BCUT2D eigenvalue weighted by Gasteiger charge is -2.19. The number of hydrogen-bond donors (Lipinski definition) is 1. The van der Waals surface area contributed by atoms with Crippen LogP contribution in [0.4, 0.5) is 0 Å². The maximum Gasteiger partial charge on any atom is 0.110 e. The van der Waals surface area contributed by atoms with Crippen molar-refractivity contribution >= 4 is 11.3 Å². The molecular weight excluding hydrogens is 220 g/mol. The molecule has 0 aromatic carbocycles. The van der Waals surface area contributed by atoms with E-state index in [0.717, 1.165) is 17.8 Å². The van der Waals surface area contributed by atoms with E-state index in [2.05, 4.69) is 11.4 Å². The molecule has 4 heteroatoms. The standard InChI is InChI=1S/C12H16N2OS/c1-15-12-4-2-3-11(12)14-8-10-6-5-9(7-13)16-10/h5-6,11-12,14H,2-4,8H2,1H3. The smallest absolute Gasteiger partial charge is 0.110 e. The second-order valence-corrected chi connectivity index (χ2v) is 5.24. The molecule has 0 amide bonds. The highest BCUT2D eigenvalue weighted by Crippen LogP contribution is 2.22. The zero-order valence-corrected chi connectivity index (χ0v) is 10.2. The first kappa shape index (κ1) is 11.6. The third-order valence-corrected chi connectivity index (χ3v) is 4.06. The molecule has 0 radical (unpaired) electrons. The van der Waals surface area contributed by atoms with Gasteiger partial charge in [-0.3, -0.25) is 0 Å². The first-order chi connectivity index (χ1) is 7.83. The molecule has 1 fully saturated rings. The van der Waals surface area contributed by atoms with Crippen LogP contribution in [-0.2, 0) is 11.3 Å². The van der Waals surface area contributed by atoms with E-state index in [0.29, 0.717) is 12.1 Å². The van der Waals surface area contributed by atoms with Gasteiger partial charge in [0, 0.05) is 24.6 Å². The molecule has 2 rings (SSSR count). The van der Waals surface area contributed by atoms with Crippen molar-refractivity contribution in [3.63, 3.8) is 0 Å². The Morgan fingerprint density at radius 1 is 1.56 bits per heavy atom. The summed E-state index contributed by atoms with van der Waals surface area (Å²) >= 11 is 1.56. The highest BCUT2D eigenvalue weighted by molar-refractivity contribution is 7.12. The summed E-state index contributed by atoms with van der Waals surface area (Å²) in [5.41, 5.74) is 0. The van der Waals surface area contributed by atoms with Crippen molar-refractivity contribution in [2.24, 2.45) is 0 Å². The van der Waals surface area contributed by atoms with Crippen molar-refractivity contribution in [1.82, 2.24) is 5.32 Å². The monoisotopic (exact) mass is 236 g/mol. The molecule has 3 nitrogen and oxygen atoms in total. The summed E-state index contributed by atoms with van der Waals surface area (Å²) in [6.07, 6.45) is 3.94. The van der Waals surface area contributed by atoms with E-state index >= 15 is 0 Å². The number of nitriles is 1. The molecule has 0 bridgehead atoms. The molecular formula is C12H16N2OS. The Labute approximate surface area is 100 Å². The number of hydrogen-bond acceptors (Lipinski definition) is 4. The minimum atomic E-state index is 0.357. The Balaban J connectivity index is 1.85. The molecule has 16 heavy (non-hydrogen) atoms. The van der Waals surface area contributed by atoms with Crippen molar-refractivity contribution in [3.05, 3.63) is 21.9 Å². The van der Waals surface area contributed by atoms with Crippen LogP contribution in [0.1, 0.15) is 29.0 Å². The maximum absolute atomic E-state index is 8.73. The van der Waals surface area contributed by atoms with E-state index in [1.54, 1.807) is 18.4 Å². The SMILES string of the molecule is COC1CCCC1NCc1ccc(C#N)s1. The molecule has 1 saturated carbocycles. The number of ether oxygens (including phenoxy) is 1. The Morgan fingerprint density at radius 2 is 2.44 bits per heavy atom. The second-order valence-electron chi connectivity index (χ2n) is 4.07. The molecule has 0 saturated heterocycles. The molecule has 1 aliphatic carbocycles. The molecule has 2 atom stereocenters. The highest BCUT2D eigenvalue weighted by atomic mass is 32.1. The molecule has 86 valence electrons. The zero-order chi connectivity index (χ0) is 11.4. The summed E-state index contributed by atoms with van der Waals surface area (Å²) in [5, 5.41) is 12.2. The van der Waals surface area contributed by atoms with Crippen LogP contribution in [-0.4, -0.2) is 19.3 Å². The Bertz CT molecular complexity index is 383. The molecule has 1 aliphatic rings. The first-order valence-electron chi connectivity index (χ1n) is 5.58. The minimum absolute atomic E-state index is 0.357. The molecule has 1 aromatic rings. The largest absolute Gasteiger partial charge is 0.380 e. The fourth-order valence-corrected chi connectivity index (χ4v) is 2.96. The summed E-state index contributed by atoms with van der Waals surface area (Å²) in [5.74, 6) is 0. The predicted octanol–water partition coefficient (Wildman–Crippen LogP) is 2.28. The summed E-state index contributed by atoms with van der Waals surface area (Å²) in [4.78, 5) is 2.00. The summed E-state index contributed by atoms with van der Waals surface area (Å²) < 4.78 is 5.43. The fourth-order valence-electron chi connectivity index (χ4n) is 2.21. The normalized spacial score (nSPS) is 24.5. The van der Waals surface area contributed by atoms with Crippen LogP contribution >= 0.6 is 11.3 Å². The van der Waals surface area contributed by atoms with Gasteiger partial charge in [0.15, 0.2) is 0 Å². The van der Waals surface area contributed by atoms with Gasteiger partial charge in [0.1, 0.15) is 10.9 Å². The highest BCUT2D eigenvalue weighted by Gasteiger charge is 2.26. The van der Waals surface area contributed by atoms with Crippen molar-refractivity contribution in [2.45, 2.75) is 38.0 Å². The van der Waals surface area contributed by atoms with Crippen LogP contribution in [0.5, 0.6) is 0 Å². The number of nitrogens with one attached hydrogen (secondary N) is 1. The van der Waals surface area contributed by atoms with Gasteiger partial charge in [-0.15, -0.1) is 11.3 Å². The van der Waals surface area contributed by atoms with Crippen LogP contribution in [0.3, 0.4) is 0 Å². The molecule has 2 unspecified atom stereocenters. The average Bonchev–Trinajstić information content (AvgIpc) is 2.94. The topological polar surface area (TPSA) is 45.0 Å². The quantitative estimate of drug-likeness (QED) is 0.872. The van der Waals surface area contributed by atoms with Crippen LogP contribution in [0.2, 0.25) is 0 Å². The van der Waals surface area contributed by atoms with Gasteiger partial charge in [-0.2, -0.15) is 5.26 Å². The lowest BCUT2D eigenvalue weighted by molar-refractivity contribution is 0.0848. The van der Waals surface area contributed by atoms with Crippen molar-refractivity contribution < 1.29 is 4.74 Å². The van der Waals surface area contributed by atoms with E-state index in [4.69, 9.17) is 10.00 Å². The zero-order valence-electron chi connectivity index (χ0n) is 9.40. The van der Waals surface area contributed by atoms with Crippen molar-refractivity contribution in [2.75, 3.05) is 7.11 Å². The fraction of sp³-hybridized carbons (Fsp3) is 0.583. The van der Waals surface area contributed by atoms with Crippen LogP contribution in [0.25, 0.3) is 0 Å². The van der Waals surface area contributed by atoms with Crippen LogP contribution in [0, 0.1) is 11.3 Å². The van der Waals surface area contributed by atoms with E-state index in [-0.39, 0.29) is 0 Å². The lowest BCUT2D eigenvalue weighted by atomic mass is 10.2. The van der Waals surface area contributed by atoms with Gasteiger partial charge in [-0.25, -0.2) is 0 Å². The average molecular weight is 236 g/mol.